The van der Waals surface area contributed by atoms with Gasteiger partial charge in [0.25, 0.3) is 0 Å². The first-order valence-corrected chi connectivity index (χ1v) is 7.63. The fourth-order valence-corrected chi connectivity index (χ4v) is 3.95. The average molecular weight is 252 g/mol. The second kappa shape index (κ2) is 5.77. The first-order valence-electron chi connectivity index (χ1n) is 6.58. The molecular weight excluding hydrogens is 232 g/mol. The molecule has 0 spiro atoms. The van der Waals surface area contributed by atoms with E-state index in [1.807, 2.05) is 11.8 Å². The van der Waals surface area contributed by atoms with E-state index < -0.39 is 5.41 Å². The molecule has 1 unspecified atom stereocenters. The summed E-state index contributed by atoms with van der Waals surface area (Å²) < 4.78 is 0. The Morgan fingerprint density at radius 2 is 2.12 bits per heavy atom. The second-order valence-corrected chi connectivity index (χ2v) is 6.51. The zero-order chi connectivity index (χ0) is 12.1. The smallest absolute Gasteiger partial charge is 0.240 e. The van der Waals surface area contributed by atoms with Gasteiger partial charge in [0.05, 0.1) is 6.07 Å². The lowest BCUT2D eigenvalue weighted by Crippen LogP contribution is -2.41. The van der Waals surface area contributed by atoms with Gasteiger partial charge in [0.15, 0.2) is 0 Å². The Labute approximate surface area is 107 Å². The van der Waals surface area contributed by atoms with Crippen LogP contribution in [0.3, 0.4) is 0 Å². The zero-order valence-corrected chi connectivity index (χ0v) is 11.0. The Morgan fingerprint density at radius 1 is 1.35 bits per heavy atom. The third kappa shape index (κ3) is 2.95. The molecule has 1 N–H and O–H groups in total. The van der Waals surface area contributed by atoms with E-state index in [1.54, 1.807) is 0 Å². The van der Waals surface area contributed by atoms with Crippen LogP contribution in [0.5, 0.6) is 0 Å². The highest BCUT2D eigenvalue weighted by Crippen LogP contribution is 2.37. The topological polar surface area (TPSA) is 52.9 Å². The molecule has 3 nitrogen and oxygen atoms in total. The van der Waals surface area contributed by atoms with Crippen LogP contribution in [0.1, 0.15) is 44.9 Å². The summed E-state index contributed by atoms with van der Waals surface area (Å²) in [5, 5.41) is 12.8. The third-order valence-electron chi connectivity index (χ3n) is 3.87. The normalized spacial score (nSPS) is 27.4. The minimum Gasteiger partial charge on any atom is -0.354 e. The molecule has 17 heavy (non-hydrogen) atoms. The first kappa shape index (κ1) is 12.8. The molecule has 94 valence electrons. The van der Waals surface area contributed by atoms with Crippen LogP contribution in [0.15, 0.2) is 0 Å². The van der Waals surface area contributed by atoms with Crippen molar-refractivity contribution in [2.45, 2.75) is 50.2 Å². The highest BCUT2D eigenvalue weighted by Gasteiger charge is 2.41. The molecule has 0 aromatic heterocycles. The van der Waals surface area contributed by atoms with Crippen molar-refractivity contribution < 1.29 is 4.79 Å². The first-order chi connectivity index (χ1) is 8.27. The number of carbonyl (C=O) groups is 1. The minimum absolute atomic E-state index is 0.0244. The summed E-state index contributed by atoms with van der Waals surface area (Å²) in [7, 11) is 0. The maximum Gasteiger partial charge on any atom is 0.240 e. The van der Waals surface area contributed by atoms with Gasteiger partial charge in [-0.1, -0.05) is 19.3 Å². The maximum atomic E-state index is 12.1. The van der Waals surface area contributed by atoms with Crippen molar-refractivity contribution in [3.05, 3.63) is 0 Å². The number of amides is 1. The van der Waals surface area contributed by atoms with E-state index in [0.717, 1.165) is 32.2 Å². The maximum absolute atomic E-state index is 12.1. The van der Waals surface area contributed by atoms with Crippen LogP contribution in [0.4, 0.5) is 0 Å². The van der Waals surface area contributed by atoms with Crippen molar-refractivity contribution in [1.82, 2.24) is 5.32 Å². The quantitative estimate of drug-likeness (QED) is 0.839. The standard InChI is InChI=1S/C13H20N2OS/c14-10-13(6-2-3-7-13)12(16)15-9-11-5-1-4-8-17-11/h11H,1-9H2,(H,15,16). The Balaban J connectivity index is 1.82. The van der Waals surface area contributed by atoms with Gasteiger partial charge in [-0.15, -0.1) is 0 Å². The van der Waals surface area contributed by atoms with E-state index >= 15 is 0 Å². The van der Waals surface area contributed by atoms with Gasteiger partial charge >= 0.3 is 0 Å². The monoisotopic (exact) mass is 252 g/mol. The zero-order valence-electron chi connectivity index (χ0n) is 10.2. The van der Waals surface area contributed by atoms with Crippen LogP contribution >= 0.6 is 11.8 Å². The molecule has 2 fully saturated rings. The van der Waals surface area contributed by atoms with Gasteiger partial charge in [-0.3, -0.25) is 4.79 Å². The van der Waals surface area contributed by atoms with Crippen molar-refractivity contribution in [3.63, 3.8) is 0 Å². The summed E-state index contributed by atoms with van der Waals surface area (Å²) in [5.41, 5.74) is -0.709. The van der Waals surface area contributed by atoms with Crippen LogP contribution in [0, 0.1) is 16.7 Å². The highest BCUT2D eigenvalue weighted by atomic mass is 32.2. The van der Waals surface area contributed by atoms with Crippen molar-refractivity contribution >= 4 is 17.7 Å². The molecule has 0 bridgehead atoms. The molecule has 2 aliphatic rings. The average Bonchev–Trinajstić information content (AvgIpc) is 2.87. The number of hydrogen-bond donors (Lipinski definition) is 1. The number of nitriles is 1. The van der Waals surface area contributed by atoms with E-state index in [9.17, 15) is 10.1 Å². The summed E-state index contributed by atoms with van der Waals surface area (Å²) in [6.07, 6.45) is 7.29. The van der Waals surface area contributed by atoms with Crippen molar-refractivity contribution in [1.29, 1.82) is 5.26 Å². The van der Waals surface area contributed by atoms with Crippen molar-refractivity contribution in [2.24, 2.45) is 5.41 Å². The molecule has 1 saturated carbocycles. The van der Waals surface area contributed by atoms with Gasteiger partial charge in [0.2, 0.25) is 5.91 Å². The van der Waals surface area contributed by atoms with Gasteiger partial charge in [0.1, 0.15) is 5.41 Å². The van der Waals surface area contributed by atoms with E-state index in [0.29, 0.717) is 5.25 Å². The number of hydrogen-bond acceptors (Lipinski definition) is 3. The molecule has 0 aromatic carbocycles. The minimum atomic E-state index is -0.709. The van der Waals surface area contributed by atoms with Crippen LogP contribution in [0.2, 0.25) is 0 Å². The lowest BCUT2D eigenvalue weighted by atomic mass is 9.87. The molecule has 1 saturated heterocycles. The van der Waals surface area contributed by atoms with Gasteiger partial charge in [-0.25, -0.2) is 0 Å². The fourth-order valence-electron chi connectivity index (χ4n) is 2.71. The summed E-state index contributed by atoms with van der Waals surface area (Å²) in [5.74, 6) is 1.19. The van der Waals surface area contributed by atoms with Gasteiger partial charge in [0, 0.05) is 11.8 Å². The van der Waals surface area contributed by atoms with Gasteiger partial charge in [-0.2, -0.15) is 17.0 Å². The third-order valence-corrected chi connectivity index (χ3v) is 5.27. The van der Waals surface area contributed by atoms with E-state index in [1.165, 1.54) is 25.0 Å². The van der Waals surface area contributed by atoms with Crippen molar-refractivity contribution in [2.75, 3.05) is 12.3 Å². The molecule has 1 atom stereocenters. The Bertz CT molecular complexity index is 312. The Morgan fingerprint density at radius 3 is 2.71 bits per heavy atom. The summed E-state index contributed by atoms with van der Waals surface area (Å²) in [6.45, 7) is 0.743. The van der Waals surface area contributed by atoms with Gasteiger partial charge < -0.3 is 5.32 Å². The fraction of sp³-hybridized carbons (Fsp3) is 0.846. The van der Waals surface area contributed by atoms with E-state index in [4.69, 9.17) is 0 Å². The largest absolute Gasteiger partial charge is 0.354 e. The molecule has 2 rings (SSSR count). The molecule has 4 heteroatoms. The highest BCUT2D eigenvalue weighted by molar-refractivity contribution is 7.99. The molecule has 1 heterocycles. The number of rotatable bonds is 3. The Kier molecular flexibility index (Phi) is 4.33. The molecule has 1 amide bonds. The summed E-state index contributed by atoms with van der Waals surface area (Å²) in [4.78, 5) is 12.1. The van der Waals surface area contributed by atoms with E-state index in [2.05, 4.69) is 11.4 Å². The van der Waals surface area contributed by atoms with Crippen molar-refractivity contribution in [3.8, 4) is 6.07 Å². The van der Waals surface area contributed by atoms with Crippen LogP contribution in [-0.2, 0) is 4.79 Å². The Hall–Kier alpha value is -0.690. The number of nitrogens with zero attached hydrogens (tertiary/aromatic N) is 1. The summed E-state index contributed by atoms with van der Waals surface area (Å²) >= 11 is 1.96. The number of nitrogens with one attached hydrogen (secondary N) is 1. The summed E-state index contributed by atoms with van der Waals surface area (Å²) in [6, 6.07) is 2.25. The van der Waals surface area contributed by atoms with E-state index in [-0.39, 0.29) is 5.91 Å². The lowest BCUT2D eigenvalue weighted by molar-refractivity contribution is -0.127. The molecule has 1 aliphatic carbocycles. The van der Waals surface area contributed by atoms with Crippen LogP contribution in [-0.4, -0.2) is 23.5 Å². The lowest BCUT2D eigenvalue weighted by Gasteiger charge is -2.24. The molecule has 0 aromatic rings. The van der Waals surface area contributed by atoms with Crippen LogP contribution < -0.4 is 5.32 Å². The predicted octanol–water partition coefficient (Wildman–Crippen LogP) is 2.47. The molecule has 0 radical (unpaired) electrons. The van der Waals surface area contributed by atoms with Crippen LogP contribution in [0.25, 0.3) is 0 Å². The number of carbonyl (C=O) groups excluding carboxylic acids is 1. The van der Waals surface area contributed by atoms with Gasteiger partial charge in [-0.05, 0) is 31.4 Å². The molecular formula is C13H20N2OS. The predicted molar refractivity (Wildman–Crippen MR) is 69.6 cm³/mol. The molecule has 1 aliphatic heterocycles. The number of thioether (sulfide) groups is 1. The SMILES string of the molecule is N#CC1(C(=O)NCC2CCCCS2)CCCC1. The second-order valence-electron chi connectivity index (χ2n) is 5.10.